The van der Waals surface area contributed by atoms with Gasteiger partial charge in [-0.1, -0.05) is 44.4 Å². The van der Waals surface area contributed by atoms with Crippen molar-refractivity contribution in [2.75, 3.05) is 13.2 Å². The second-order valence-corrected chi connectivity index (χ2v) is 5.88. The van der Waals surface area contributed by atoms with Gasteiger partial charge in [-0.25, -0.2) is 0 Å². The molecule has 1 aliphatic rings. The zero-order chi connectivity index (χ0) is 14.0. The van der Waals surface area contributed by atoms with E-state index in [2.05, 4.69) is 12.2 Å². The van der Waals surface area contributed by atoms with Gasteiger partial charge < -0.3 is 10.1 Å². The highest BCUT2D eigenvalue weighted by molar-refractivity contribution is 5.20. The highest BCUT2D eigenvalue weighted by Gasteiger charge is 2.21. The summed E-state index contributed by atoms with van der Waals surface area (Å²) in [5, 5.41) is 3.75. The molecule has 1 saturated carbocycles. The Hall–Kier alpha value is -1.02. The first kappa shape index (κ1) is 15.4. The number of para-hydroxylation sites is 1. The fraction of sp³-hybridized carbons (Fsp3) is 0.667. The zero-order valence-electron chi connectivity index (χ0n) is 12.8. The van der Waals surface area contributed by atoms with Crippen LogP contribution in [0.1, 0.15) is 51.9 Å². The normalized spacial score (nSPS) is 17.9. The van der Waals surface area contributed by atoms with E-state index in [9.17, 15) is 0 Å². The molecular formula is C18H29NO. The van der Waals surface area contributed by atoms with Gasteiger partial charge in [0.1, 0.15) is 5.75 Å². The first-order chi connectivity index (χ1) is 9.90. The third-order valence-corrected chi connectivity index (χ3v) is 4.40. The van der Waals surface area contributed by atoms with Gasteiger partial charge in [0.15, 0.2) is 0 Å². The average Bonchev–Trinajstić information content (AvgIpc) is 2.53. The lowest BCUT2D eigenvalue weighted by Gasteiger charge is -2.30. The summed E-state index contributed by atoms with van der Waals surface area (Å²) in [5.41, 5.74) is 0. The molecule has 1 N–H and O–H groups in total. The Morgan fingerprint density at radius 3 is 2.60 bits per heavy atom. The number of rotatable bonds is 8. The van der Waals surface area contributed by atoms with Crippen LogP contribution >= 0.6 is 0 Å². The minimum absolute atomic E-state index is 0.715. The fourth-order valence-corrected chi connectivity index (χ4v) is 3.25. The summed E-state index contributed by atoms with van der Waals surface area (Å²) >= 11 is 0. The maximum Gasteiger partial charge on any atom is 0.119 e. The Kier molecular flexibility index (Phi) is 6.93. The van der Waals surface area contributed by atoms with Crippen LogP contribution in [-0.4, -0.2) is 19.2 Å². The molecule has 0 amide bonds. The van der Waals surface area contributed by atoms with E-state index >= 15 is 0 Å². The van der Waals surface area contributed by atoms with Gasteiger partial charge in [-0.2, -0.15) is 0 Å². The van der Waals surface area contributed by atoms with Crippen LogP contribution in [0.5, 0.6) is 5.75 Å². The quantitative estimate of drug-likeness (QED) is 0.710. The molecule has 1 aromatic rings. The van der Waals surface area contributed by atoms with Gasteiger partial charge in [0, 0.05) is 6.04 Å². The van der Waals surface area contributed by atoms with Gasteiger partial charge in [0.25, 0.3) is 0 Å². The van der Waals surface area contributed by atoms with Crippen LogP contribution in [-0.2, 0) is 0 Å². The van der Waals surface area contributed by atoms with E-state index in [1.807, 2.05) is 30.3 Å². The predicted molar refractivity (Wildman–Crippen MR) is 85.2 cm³/mol. The molecule has 0 aliphatic heterocycles. The van der Waals surface area contributed by atoms with E-state index in [4.69, 9.17) is 4.74 Å². The van der Waals surface area contributed by atoms with Crippen LogP contribution in [0.15, 0.2) is 30.3 Å². The Bertz CT molecular complexity index is 346. The fourth-order valence-electron chi connectivity index (χ4n) is 3.25. The Morgan fingerprint density at radius 2 is 1.90 bits per heavy atom. The lowest BCUT2D eigenvalue weighted by Crippen LogP contribution is -2.37. The molecular weight excluding hydrogens is 246 g/mol. The smallest absolute Gasteiger partial charge is 0.119 e. The lowest BCUT2D eigenvalue weighted by atomic mass is 9.83. The molecule has 1 atom stereocenters. The van der Waals surface area contributed by atoms with Gasteiger partial charge in [-0.15, -0.1) is 0 Å². The van der Waals surface area contributed by atoms with Gasteiger partial charge >= 0.3 is 0 Å². The molecule has 0 heterocycles. The third kappa shape index (κ3) is 5.16. The molecule has 0 saturated heterocycles. The standard InChI is InChI=1S/C18H29NO/c1-2-18(16-10-5-3-6-11-16)19-14-9-15-20-17-12-7-4-8-13-17/h4,7-8,12-13,16,18-19H,2-3,5-6,9-11,14-15H2,1H3. The summed E-state index contributed by atoms with van der Waals surface area (Å²) in [6.45, 7) is 4.19. The molecule has 112 valence electrons. The average molecular weight is 275 g/mol. The van der Waals surface area contributed by atoms with Gasteiger partial charge in [-0.05, 0) is 50.3 Å². The summed E-state index contributed by atoms with van der Waals surface area (Å²) in [4.78, 5) is 0. The van der Waals surface area contributed by atoms with Crippen molar-refractivity contribution >= 4 is 0 Å². The van der Waals surface area contributed by atoms with Crippen molar-refractivity contribution < 1.29 is 4.74 Å². The summed E-state index contributed by atoms with van der Waals surface area (Å²) < 4.78 is 5.73. The number of benzene rings is 1. The van der Waals surface area contributed by atoms with Crippen LogP contribution < -0.4 is 10.1 Å². The van der Waals surface area contributed by atoms with Crippen LogP contribution in [0.2, 0.25) is 0 Å². The van der Waals surface area contributed by atoms with Gasteiger partial charge in [0.2, 0.25) is 0 Å². The largest absolute Gasteiger partial charge is 0.494 e. The number of nitrogens with one attached hydrogen (secondary N) is 1. The number of hydrogen-bond donors (Lipinski definition) is 1. The second-order valence-electron chi connectivity index (χ2n) is 5.88. The Morgan fingerprint density at radius 1 is 1.15 bits per heavy atom. The van der Waals surface area contributed by atoms with Gasteiger partial charge in [-0.3, -0.25) is 0 Å². The van der Waals surface area contributed by atoms with E-state index in [0.29, 0.717) is 6.04 Å². The Balaban J connectivity index is 1.59. The molecule has 1 aliphatic carbocycles. The maximum atomic E-state index is 5.73. The molecule has 0 bridgehead atoms. The first-order valence-corrected chi connectivity index (χ1v) is 8.31. The highest BCUT2D eigenvalue weighted by Crippen LogP contribution is 2.27. The zero-order valence-corrected chi connectivity index (χ0v) is 12.8. The molecule has 20 heavy (non-hydrogen) atoms. The van der Waals surface area contributed by atoms with Crippen LogP contribution in [0.4, 0.5) is 0 Å². The van der Waals surface area contributed by atoms with Crippen LogP contribution in [0.25, 0.3) is 0 Å². The number of hydrogen-bond acceptors (Lipinski definition) is 2. The first-order valence-electron chi connectivity index (χ1n) is 8.31. The van der Waals surface area contributed by atoms with E-state index in [1.54, 1.807) is 0 Å². The molecule has 0 radical (unpaired) electrons. The van der Waals surface area contributed by atoms with Crippen molar-refractivity contribution in [2.24, 2.45) is 5.92 Å². The molecule has 0 aromatic heterocycles. The van der Waals surface area contributed by atoms with Crippen LogP contribution in [0.3, 0.4) is 0 Å². The molecule has 1 aromatic carbocycles. The highest BCUT2D eigenvalue weighted by atomic mass is 16.5. The van der Waals surface area contributed by atoms with E-state index < -0.39 is 0 Å². The van der Waals surface area contributed by atoms with Crippen molar-refractivity contribution in [2.45, 2.75) is 57.9 Å². The lowest BCUT2D eigenvalue weighted by molar-refractivity contribution is 0.252. The topological polar surface area (TPSA) is 21.3 Å². The SMILES string of the molecule is CCC(NCCCOc1ccccc1)C1CCCCC1. The molecule has 0 spiro atoms. The maximum absolute atomic E-state index is 5.73. The van der Waals surface area contributed by atoms with Crippen molar-refractivity contribution in [3.05, 3.63) is 30.3 Å². The molecule has 1 fully saturated rings. The van der Waals surface area contributed by atoms with Crippen molar-refractivity contribution in [1.29, 1.82) is 0 Å². The molecule has 2 rings (SSSR count). The minimum Gasteiger partial charge on any atom is -0.494 e. The molecule has 2 nitrogen and oxygen atoms in total. The third-order valence-electron chi connectivity index (χ3n) is 4.40. The summed E-state index contributed by atoms with van der Waals surface area (Å²) in [6.07, 6.45) is 9.48. The summed E-state index contributed by atoms with van der Waals surface area (Å²) in [5.74, 6) is 1.88. The van der Waals surface area contributed by atoms with Crippen LogP contribution in [0, 0.1) is 5.92 Å². The van der Waals surface area contributed by atoms with Crippen molar-refractivity contribution in [3.8, 4) is 5.75 Å². The molecule has 2 heteroatoms. The minimum atomic E-state index is 0.715. The summed E-state index contributed by atoms with van der Waals surface area (Å²) in [7, 11) is 0. The van der Waals surface area contributed by atoms with E-state index in [0.717, 1.165) is 31.2 Å². The van der Waals surface area contributed by atoms with Crippen molar-refractivity contribution in [1.82, 2.24) is 5.32 Å². The van der Waals surface area contributed by atoms with Gasteiger partial charge in [0.05, 0.1) is 6.61 Å². The summed E-state index contributed by atoms with van der Waals surface area (Å²) in [6, 6.07) is 10.8. The second kappa shape index (κ2) is 9.02. The predicted octanol–water partition coefficient (Wildman–Crippen LogP) is 4.40. The monoisotopic (exact) mass is 275 g/mol. The van der Waals surface area contributed by atoms with Crippen molar-refractivity contribution in [3.63, 3.8) is 0 Å². The number of ether oxygens (including phenoxy) is 1. The Labute approximate surface area is 123 Å². The van der Waals surface area contributed by atoms with E-state index in [-0.39, 0.29) is 0 Å². The van der Waals surface area contributed by atoms with E-state index in [1.165, 1.54) is 38.5 Å². The molecule has 1 unspecified atom stereocenters.